The highest BCUT2D eigenvalue weighted by molar-refractivity contribution is 5.32. The Morgan fingerprint density at radius 1 is 1.47 bits per heavy atom. The highest BCUT2D eigenvalue weighted by Gasteiger charge is 2.36. The first-order chi connectivity index (χ1) is 8.87. The van der Waals surface area contributed by atoms with Crippen molar-refractivity contribution < 1.29 is 24.1 Å². The minimum atomic E-state index is -0.704. The molecule has 2 N–H and O–H groups in total. The third kappa shape index (κ3) is 3.65. The SMILES string of the molecule is CC1(C)OC[C@H]([C@@H](O)CCc2cc(F)ccc2O)O1. The summed E-state index contributed by atoms with van der Waals surface area (Å²) in [5.74, 6) is -1.03. The summed E-state index contributed by atoms with van der Waals surface area (Å²) in [5, 5.41) is 19.6. The average molecular weight is 270 g/mol. The Morgan fingerprint density at radius 2 is 2.21 bits per heavy atom. The molecule has 0 spiro atoms. The highest BCUT2D eigenvalue weighted by Crippen LogP contribution is 2.26. The van der Waals surface area contributed by atoms with Crippen LogP contribution in [0.15, 0.2) is 18.2 Å². The van der Waals surface area contributed by atoms with Crippen molar-refractivity contribution in [1.82, 2.24) is 0 Å². The monoisotopic (exact) mass is 270 g/mol. The molecule has 1 heterocycles. The number of benzene rings is 1. The van der Waals surface area contributed by atoms with E-state index >= 15 is 0 Å². The van der Waals surface area contributed by atoms with Crippen LogP contribution < -0.4 is 0 Å². The van der Waals surface area contributed by atoms with Gasteiger partial charge in [-0.15, -0.1) is 0 Å². The molecular formula is C14H19FO4. The lowest BCUT2D eigenvalue weighted by molar-refractivity contribution is -0.151. The van der Waals surface area contributed by atoms with E-state index in [1.807, 2.05) is 0 Å². The lowest BCUT2D eigenvalue weighted by atomic mass is 10.0. The molecule has 4 nitrogen and oxygen atoms in total. The zero-order valence-corrected chi connectivity index (χ0v) is 11.1. The summed E-state index contributed by atoms with van der Waals surface area (Å²) in [7, 11) is 0. The summed E-state index contributed by atoms with van der Waals surface area (Å²) in [6, 6.07) is 3.79. The number of aliphatic hydroxyl groups is 1. The summed E-state index contributed by atoms with van der Waals surface area (Å²) in [5.41, 5.74) is 0.484. The van der Waals surface area contributed by atoms with Crippen molar-refractivity contribution in [3.05, 3.63) is 29.6 Å². The molecule has 0 radical (unpaired) electrons. The molecule has 2 rings (SSSR count). The fraction of sp³-hybridized carbons (Fsp3) is 0.571. The van der Waals surface area contributed by atoms with Crippen molar-refractivity contribution >= 4 is 0 Å². The Labute approximate surface area is 111 Å². The summed E-state index contributed by atoms with van der Waals surface area (Å²) in [6.45, 7) is 3.92. The second kappa shape index (κ2) is 5.45. The lowest BCUT2D eigenvalue weighted by Gasteiger charge is -2.20. The van der Waals surface area contributed by atoms with Gasteiger partial charge in [0.15, 0.2) is 5.79 Å². The highest BCUT2D eigenvalue weighted by atomic mass is 19.1. The number of rotatable bonds is 4. The molecule has 0 bridgehead atoms. The van der Waals surface area contributed by atoms with Crippen molar-refractivity contribution in [2.24, 2.45) is 0 Å². The topological polar surface area (TPSA) is 58.9 Å². The lowest BCUT2D eigenvalue weighted by Crippen LogP contribution is -2.31. The van der Waals surface area contributed by atoms with Gasteiger partial charge in [0.05, 0.1) is 12.7 Å². The second-order valence-electron chi connectivity index (χ2n) is 5.25. The number of halogens is 1. The molecular weight excluding hydrogens is 251 g/mol. The molecule has 0 aliphatic carbocycles. The van der Waals surface area contributed by atoms with Gasteiger partial charge in [0.2, 0.25) is 0 Å². The number of aliphatic hydroxyl groups excluding tert-OH is 1. The number of ether oxygens (including phenoxy) is 2. The fourth-order valence-electron chi connectivity index (χ4n) is 2.15. The van der Waals surface area contributed by atoms with E-state index in [4.69, 9.17) is 9.47 Å². The molecule has 5 heteroatoms. The number of hydrogen-bond donors (Lipinski definition) is 2. The van der Waals surface area contributed by atoms with Crippen LogP contribution in [-0.2, 0) is 15.9 Å². The predicted octanol–water partition coefficient (Wildman–Crippen LogP) is 1.98. The smallest absolute Gasteiger partial charge is 0.163 e. The van der Waals surface area contributed by atoms with Gasteiger partial charge < -0.3 is 19.7 Å². The van der Waals surface area contributed by atoms with Gasteiger partial charge in [-0.2, -0.15) is 0 Å². The van der Waals surface area contributed by atoms with Crippen molar-refractivity contribution in [2.75, 3.05) is 6.61 Å². The zero-order valence-electron chi connectivity index (χ0n) is 11.1. The van der Waals surface area contributed by atoms with Gasteiger partial charge in [-0.25, -0.2) is 4.39 Å². The third-order valence-electron chi connectivity index (χ3n) is 3.21. The van der Waals surface area contributed by atoms with Crippen molar-refractivity contribution in [3.8, 4) is 5.75 Å². The first-order valence-corrected chi connectivity index (χ1v) is 6.34. The largest absolute Gasteiger partial charge is 0.508 e. The molecule has 1 fully saturated rings. The molecule has 0 aromatic heterocycles. The molecule has 1 aromatic carbocycles. The Balaban J connectivity index is 1.90. The molecule has 1 aliphatic rings. The minimum absolute atomic E-state index is 0.0394. The fourth-order valence-corrected chi connectivity index (χ4v) is 2.15. The van der Waals surface area contributed by atoms with Crippen LogP contribution in [0.1, 0.15) is 25.8 Å². The number of phenols is 1. The van der Waals surface area contributed by atoms with E-state index in [-0.39, 0.29) is 11.9 Å². The second-order valence-corrected chi connectivity index (χ2v) is 5.25. The van der Waals surface area contributed by atoms with E-state index in [9.17, 15) is 14.6 Å². The molecule has 1 aliphatic heterocycles. The standard InChI is InChI=1S/C14H19FO4/c1-14(2)18-8-13(19-14)12(17)5-3-9-7-10(15)4-6-11(9)16/h4,6-7,12-13,16-17H,3,5,8H2,1-2H3/t12-,13+/m0/s1. The van der Waals surface area contributed by atoms with Crippen LogP contribution in [-0.4, -0.2) is 34.8 Å². The zero-order chi connectivity index (χ0) is 14.0. The third-order valence-corrected chi connectivity index (χ3v) is 3.21. The number of phenolic OH excluding ortho intramolecular Hbond substituents is 1. The van der Waals surface area contributed by atoms with Crippen LogP contribution in [0.3, 0.4) is 0 Å². The van der Waals surface area contributed by atoms with E-state index in [1.165, 1.54) is 18.2 Å². The molecule has 106 valence electrons. The maximum atomic E-state index is 13.1. The summed E-state index contributed by atoms with van der Waals surface area (Å²) in [4.78, 5) is 0. The van der Waals surface area contributed by atoms with Gasteiger partial charge in [0.1, 0.15) is 17.7 Å². The van der Waals surface area contributed by atoms with Crippen molar-refractivity contribution in [1.29, 1.82) is 0 Å². The number of aromatic hydroxyl groups is 1. The van der Waals surface area contributed by atoms with Crippen LogP contribution in [0.5, 0.6) is 5.75 Å². The van der Waals surface area contributed by atoms with E-state index in [0.29, 0.717) is 25.0 Å². The van der Waals surface area contributed by atoms with Gasteiger partial charge in [0.25, 0.3) is 0 Å². The van der Waals surface area contributed by atoms with E-state index < -0.39 is 17.7 Å². The van der Waals surface area contributed by atoms with Crippen LogP contribution >= 0.6 is 0 Å². The van der Waals surface area contributed by atoms with Crippen molar-refractivity contribution in [3.63, 3.8) is 0 Å². The molecule has 0 saturated carbocycles. The van der Waals surface area contributed by atoms with Crippen LogP contribution in [0.25, 0.3) is 0 Å². The van der Waals surface area contributed by atoms with Crippen LogP contribution in [0.4, 0.5) is 4.39 Å². The Morgan fingerprint density at radius 3 is 2.84 bits per heavy atom. The molecule has 0 unspecified atom stereocenters. The maximum Gasteiger partial charge on any atom is 0.163 e. The first kappa shape index (κ1) is 14.2. The van der Waals surface area contributed by atoms with E-state index in [0.717, 1.165) is 0 Å². The normalized spacial score (nSPS) is 23.5. The van der Waals surface area contributed by atoms with E-state index in [1.54, 1.807) is 13.8 Å². The first-order valence-electron chi connectivity index (χ1n) is 6.34. The van der Waals surface area contributed by atoms with Gasteiger partial charge in [0, 0.05) is 0 Å². The van der Waals surface area contributed by atoms with E-state index in [2.05, 4.69) is 0 Å². The quantitative estimate of drug-likeness (QED) is 0.878. The Hall–Kier alpha value is -1.17. The van der Waals surface area contributed by atoms with Crippen molar-refractivity contribution in [2.45, 2.75) is 44.7 Å². The Bertz CT molecular complexity index is 447. The molecule has 19 heavy (non-hydrogen) atoms. The van der Waals surface area contributed by atoms with Gasteiger partial charge in [-0.05, 0) is 50.5 Å². The summed E-state index contributed by atoms with van der Waals surface area (Å²) >= 11 is 0. The maximum absolute atomic E-state index is 13.1. The Kier molecular flexibility index (Phi) is 4.08. The average Bonchev–Trinajstić information content (AvgIpc) is 2.70. The minimum Gasteiger partial charge on any atom is -0.508 e. The van der Waals surface area contributed by atoms with Crippen LogP contribution in [0, 0.1) is 5.82 Å². The predicted molar refractivity (Wildman–Crippen MR) is 67.3 cm³/mol. The molecule has 0 amide bonds. The number of aryl methyl sites for hydroxylation is 1. The van der Waals surface area contributed by atoms with Gasteiger partial charge >= 0.3 is 0 Å². The molecule has 2 atom stereocenters. The summed E-state index contributed by atoms with van der Waals surface area (Å²) in [6.07, 6.45) is -0.332. The molecule has 1 aromatic rings. The van der Waals surface area contributed by atoms with Gasteiger partial charge in [-0.1, -0.05) is 0 Å². The molecule has 1 saturated heterocycles. The number of hydrogen-bond acceptors (Lipinski definition) is 4. The van der Waals surface area contributed by atoms with Crippen LogP contribution in [0.2, 0.25) is 0 Å². The van der Waals surface area contributed by atoms with Gasteiger partial charge in [-0.3, -0.25) is 0 Å². The summed E-state index contributed by atoms with van der Waals surface area (Å²) < 4.78 is 24.0.